The summed E-state index contributed by atoms with van der Waals surface area (Å²) in [6.07, 6.45) is 2.12. The van der Waals surface area contributed by atoms with Crippen LogP contribution in [0.1, 0.15) is 6.42 Å². The molecule has 16 heavy (non-hydrogen) atoms. The van der Waals surface area contributed by atoms with Gasteiger partial charge in [-0.3, -0.25) is 4.79 Å². The normalized spacial score (nSPS) is 12.4. The fraction of sp³-hybridized carbons (Fsp3) is 0.556. The molecular formula is C9H13ClIN3O2. The predicted molar refractivity (Wildman–Crippen MR) is 72.2 cm³/mol. The molecule has 1 unspecified atom stereocenters. The average Bonchev–Trinajstić information content (AvgIpc) is 2.25. The first-order chi connectivity index (χ1) is 7.69. The largest absolute Gasteiger partial charge is 0.383 e. The SMILES string of the molecule is COCC(CCCl)Nc1nc[nH]c(=O)c1I. The predicted octanol–water partition coefficient (Wildman–Crippen LogP) is 1.43. The number of rotatable bonds is 6. The smallest absolute Gasteiger partial charge is 0.266 e. The first-order valence-electron chi connectivity index (χ1n) is 4.73. The van der Waals surface area contributed by atoms with Crippen LogP contribution in [-0.2, 0) is 4.74 Å². The van der Waals surface area contributed by atoms with Crippen LogP contribution in [0.4, 0.5) is 5.82 Å². The van der Waals surface area contributed by atoms with Crippen LogP contribution < -0.4 is 10.9 Å². The van der Waals surface area contributed by atoms with E-state index in [1.165, 1.54) is 6.33 Å². The molecule has 0 aliphatic rings. The number of aromatic amines is 1. The van der Waals surface area contributed by atoms with Crippen molar-refractivity contribution in [3.05, 3.63) is 20.3 Å². The first kappa shape index (κ1) is 13.7. The standard InChI is InChI=1S/C9H13ClIN3O2/c1-16-4-6(2-3-10)14-8-7(11)9(15)13-5-12-8/h5-6H,2-4H2,1H3,(H2,12,13,14,15). The van der Waals surface area contributed by atoms with E-state index in [1.807, 2.05) is 22.6 Å². The van der Waals surface area contributed by atoms with Crippen molar-refractivity contribution in [2.24, 2.45) is 0 Å². The van der Waals surface area contributed by atoms with E-state index in [4.69, 9.17) is 16.3 Å². The van der Waals surface area contributed by atoms with Gasteiger partial charge in [0.15, 0.2) is 0 Å². The second-order valence-electron chi connectivity index (χ2n) is 3.17. The maximum absolute atomic E-state index is 11.3. The van der Waals surface area contributed by atoms with Crippen LogP contribution in [0.3, 0.4) is 0 Å². The van der Waals surface area contributed by atoms with E-state index in [9.17, 15) is 4.79 Å². The third-order valence-corrected chi connectivity index (χ3v) is 3.18. The summed E-state index contributed by atoms with van der Waals surface area (Å²) < 4.78 is 5.60. The number of H-pyrrole nitrogens is 1. The van der Waals surface area contributed by atoms with Gasteiger partial charge in [-0.2, -0.15) is 0 Å². The molecule has 5 nitrogen and oxygen atoms in total. The number of nitrogens with zero attached hydrogens (tertiary/aromatic N) is 1. The molecule has 0 amide bonds. The van der Waals surface area contributed by atoms with Gasteiger partial charge in [0.2, 0.25) is 0 Å². The van der Waals surface area contributed by atoms with E-state index >= 15 is 0 Å². The van der Waals surface area contributed by atoms with Crippen LogP contribution in [0.5, 0.6) is 0 Å². The van der Waals surface area contributed by atoms with Crippen LogP contribution in [0, 0.1) is 3.57 Å². The van der Waals surface area contributed by atoms with Gasteiger partial charge in [0.25, 0.3) is 5.56 Å². The Hall–Kier alpha value is -0.340. The average molecular weight is 358 g/mol. The minimum atomic E-state index is -0.153. The summed E-state index contributed by atoms with van der Waals surface area (Å²) in [5.41, 5.74) is -0.153. The highest BCUT2D eigenvalue weighted by molar-refractivity contribution is 14.1. The topological polar surface area (TPSA) is 67.0 Å². The van der Waals surface area contributed by atoms with E-state index in [2.05, 4.69) is 15.3 Å². The Balaban J connectivity index is 2.76. The highest BCUT2D eigenvalue weighted by atomic mass is 127. The molecular weight excluding hydrogens is 344 g/mol. The number of anilines is 1. The second-order valence-corrected chi connectivity index (χ2v) is 4.63. The lowest BCUT2D eigenvalue weighted by Gasteiger charge is -2.17. The fourth-order valence-electron chi connectivity index (χ4n) is 1.21. The van der Waals surface area contributed by atoms with Crippen molar-refractivity contribution in [2.45, 2.75) is 12.5 Å². The van der Waals surface area contributed by atoms with Crippen LogP contribution in [0.15, 0.2) is 11.1 Å². The van der Waals surface area contributed by atoms with Crippen molar-refractivity contribution < 1.29 is 4.74 Å². The summed E-state index contributed by atoms with van der Waals surface area (Å²) >= 11 is 7.64. The van der Waals surface area contributed by atoms with Crippen molar-refractivity contribution in [2.75, 3.05) is 24.9 Å². The minimum absolute atomic E-state index is 0.0605. The van der Waals surface area contributed by atoms with Crippen molar-refractivity contribution in [3.8, 4) is 0 Å². The zero-order valence-corrected chi connectivity index (χ0v) is 11.7. The van der Waals surface area contributed by atoms with E-state index in [-0.39, 0.29) is 11.6 Å². The molecule has 1 aromatic rings. The second kappa shape index (κ2) is 7.08. The molecule has 1 heterocycles. The number of aromatic nitrogens is 2. The molecule has 2 N–H and O–H groups in total. The molecule has 0 saturated carbocycles. The first-order valence-corrected chi connectivity index (χ1v) is 6.35. The number of hydrogen-bond donors (Lipinski definition) is 2. The van der Waals surface area contributed by atoms with E-state index in [1.54, 1.807) is 7.11 Å². The number of methoxy groups -OCH3 is 1. The zero-order chi connectivity index (χ0) is 12.0. The zero-order valence-electron chi connectivity index (χ0n) is 8.80. The molecule has 1 aromatic heterocycles. The highest BCUT2D eigenvalue weighted by Crippen LogP contribution is 2.12. The molecule has 0 aromatic carbocycles. The van der Waals surface area contributed by atoms with Crippen molar-refractivity contribution in [1.29, 1.82) is 0 Å². The maximum atomic E-state index is 11.3. The van der Waals surface area contributed by atoms with E-state index in [0.717, 1.165) is 6.42 Å². The van der Waals surface area contributed by atoms with Gasteiger partial charge in [-0.1, -0.05) is 0 Å². The van der Waals surface area contributed by atoms with Crippen molar-refractivity contribution in [1.82, 2.24) is 9.97 Å². The number of ether oxygens (including phenoxy) is 1. The molecule has 0 saturated heterocycles. The molecule has 1 rings (SSSR count). The lowest BCUT2D eigenvalue weighted by molar-refractivity contribution is 0.184. The summed E-state index contributed by atoms with van der Waals surface area (Å²) in [7, 11) is 1.62. The number of alkyl halides is 1. The molecule has 0 radical (unpaired) electrons. The lowest BCUT2D eigenvalue weighted by Crippen LogP contribution is -2.28. The molecule has 90 valence electrons. The summed E-state index contributed by atoms with van der Waals surface area (Å²) in [6.45, 7) is 0.525. The summed E-state index contributed by atoms with van der Waals surface area (Å²) in [6, 6.07) is 0.0605. The molecule has 0 aliphatic heterocycles. The van der Waals surface area contributed by atoms with Crippen molar-refractivity contribution in [3.63, 3.8) is 0 Å². The fourth-order valence-corrected chi connectivity index (χ4v) is 1.92. The summed E-state index contributed by atoms with van der Waals surface area (Å²) in [5.74, 6) is 1.09. The number of nitrogens with one attached hydrogen (secondary N) is 2. The Kier molecular flexibility index (Phi) is 6.07. The summed E-state index contributed by atoms with van der Waals surface area (Å²) in [5, 5.41) is 3.14. The number of hydrogen-bond acceptors (Lipinski definition) is 4. The Bertz CT molecular complexity index is 379. The van der Waals surface area contributed by atoms with Gasteiger partial charge in [-0.15, -0.1) is 11.6 Å². The van der Waals surface area contributed by atoms with Gasteiger partial charge < -0.3 is 15.0 Å². The monoisotopic (exact) mass is 357 g/mol. The van der Waals surface area contributed by atoms with Gasteiger partial charge in [0.1, 0.15) is 9.39 Å². The van der Waals surface area contributed by atoms with Crippen LogP contribution in [-0.4, -0.2) is 35.6 Å². The molecule has 0 fully saturated rings. The lowest BCUT2D eigenvalue weighted by atomic mass is 10.2. The molecule has 0 aliphatic carbocycles. The highest BCUT2D eigenvalue weighted by Gasteiger charge is 2.11. The minimum Gasteiger partial charge on any atom is -0.383 e. The van der Waals surface area contributed by atoms with Gasteiger partial charge in [0, 0.05) is 13.0 Å². The van der Waals surface area contributed by atoms with Crippen molar-refractivity contribution >= 4 is 40.0 Å². The quantitative estimate of drug-likeness (QED) is 0.597. The Labute approximate surface area is 112 Å². The third kappa shape index (κ3) is 3.91. The van der Waals surface area contributed by atoms with Gasteiger partial charge in [-0.25, -0.2) is 4.98 Å². The molecule has 0 spiro atoms. The Morgan fingerprint density at radius 1 is 1.75 bits per heavy atom. The van der Waals surface area contributed by atoms with Gasteiger partial charge in [-0.05, 0) is 29.0 Å². The summed E-state index contributed by atoms with van der Waals surface area (Å²) in [4.78, 5) is 17.9. The molecule has 1 atom stereocenters. The van der Waals surface area contributed by atoms with Gasteiger partial charge in [0.05, 0.1) is 19.0 Å². The number of halogens is 2. The maximum Gasteiger partial charge on any atom is 0.266 e. The van der Waals surface area contributed by atoms with Crippen LogP contribution in [0.25, 0.3) is 0 Å². The van der Waals surface area contributed by atoms with Crippen LogP contribution in [0.2, 0.25) is 0 Å². The van der Waals surface area contributed by atoms with Gasteiger partial charge >= 0.3 is 0 Å². The molecule has 0 bridgehead atoms. The van der Waals surface area contributed by atoms with Crippen LogP contribution >= 0.6 is 34.2 Å². The molecule has 7 heteroatoms. The van der Waals surface area contributed by atoms with E-state index < -0.39 is 0 Å². The Morgan fingerprint density at radius 2 is 2.50 bits per heavy atom. The van der Waals surface area contributed by atoms with E-state index in [0.29, 0.717) is 21.9 Å². The third-order valence-electron chi connectivity index (χ3n) is 1.96. The Morgan fingerprint density at radius 3 is 3.12 bits per heavy atom.